The Morgan fingerprint density at radius 1 is 1.41 bits per heavy atom. The molecule has 0 saturated carbocycles. The van der Waals surface area contributed by atoms with Crippen LogP contribution in [0.15, 0.2) is 35.6 Å². The summed E-state index contributed by atoms with van der Waals surface area (Å²) >= 11 is 0. The van der Waals surface area contributed by atoms with E-state index in [1.165, 1.54) is 6.33 Å². The fraction of sp³-hybridized carbons (Fsp3) is 0.471. The SMILES string of the molecule is CN=C(NCc1cccc(-c2ncn[nH]2)c1)N1CCS(=O)(=O)C(C)(C)C1.I. The number of hydrogen-bond donors (Lipinski definition) is 2. The summed E-state index contributed by atoms with van der Waals surface area (Å²) in [4.78, 5) is 10.5. The van der Waals surface area contributed by atoms with Crippen molar-refractivity contribution in [2.24, 2.45) is 4.99 Å². The number of aromatic nitrogens is 3. The number of aliphatic imine (C=N–C) groups is 1. The lowest BCUT2D eigenvalue weighted by molar-refractivity contribution is 0.353. The highest BCUT2D eigenvalue weighted by molar-refractivity contribution is 14.0. The lowest BCUT2D eigenvalue weighted by Gasteiger charge is -2.39. The van der Waals surface area contributed by atoms with Crippen LogP contribution in [0, 0.1) is 0 Å². The first kappa shape index (κ1) is 21.6. The quantitative estimate of drug-likeness (QED) is 0.375. The Morgan fingerprint density at radius 2 is 2.19 bits per heavy atom. The van der Waals surface area contributed by atoms with Crippen molar-refractivity contribution in [2.45, 2.75) is 25.1 Å². The van der Waals surface area contributed by atoms with Gasteiger partial charge in [0.1, 0.15) is 6.33 Å². The minimum Gasteiger partial charge on any atom is -0.352 e. The molecule has 0 spiro atoms. The first-order valence-electron chi connectivity index (χ1n) is 8.45. The Kier molecular flexibility index (Phi) is 6.84. The largest absolute Gasteiger partial charge is 0.352 e. The van der Waals surface area contributed by atoms with E-state index in [-0.39, 0.29) is 29.7 Å². The van der Waals surface area contributed by atoms with Gasteiger partial charge in [0, 0.05) is 32.2 Å². The van der Waals surface area contributed by atoms with E-state index < -0.39 is 14.6 Å². The molecule has 0 unspecified atom stereocenters. The van der Waals surface area contributed by atoms with Crippen LogP contribution in [0.4, 0.5) is 0 Å². The van der Waals surface area contributed by atoms with Crippen molar-refractivity contribution in [3.8, 4) is 11.4 Å². The summed E-state index contributed by atoms with van der Waals surface area (Å²) in [5.41, 5.74) is 2.03. The monoisotopic (exact) mass is 504 g/mol. The van der Waals surface area contributed by atoms with E-state index in [1.807, 2.05) is 29.2 Å². The van der Waals surface area contributed by atoms with Crippen molar-refractivity contribution in [2.75, 3.05) is 25.9 Å². The minimum absolute atomic E-state index is 0. The van der Waals surface area contributed by atoms with Gasteiger partial charge in [-0.2, -0.15) is 5.10 Å². The molecule has 1 aromatic heterocycles. The third-order valence-corrected chi connectivity index (χ3v) is 7.15. The summed E-state index contributed by atoms with van der Waals surface area (Å²) in [7, 11) is -1.36. The summed E-state index contributed by atoms with van der Waals surface area (Å²) in [5.74, 6) is 1.57. The van der Waals surface area contributed by atoms with Gasteiger partial charge in [-0.25, -0.2) is 13.4 Å². The summed E-state index contributed by atoms with van der Waals surface area (Å²) in [6, 6.07) is 7.99. The van der Waals surface area contributed by atoms with Crippen LogP contribution in [-0.2, 0) is 16.4 Å². The highest BCUT2D eigenvalue weighted by Crippen LogP contribution is 2.23. The highest BCUT2D eigenvalue weighted by atomic mass is 127. The molecule has 0 radical (unpaired) electrons. The van der Waals surface area contributed by atoms with Gasteiger partial charge in [0.2, 0.25) is 0 Å². The molecule has 10 heteroatoms. The summed E-state index contributed by atoms with van der Waals surface area (Å²) in [5, 5.41) is 10.1. The molecule has 1 aromatic carbocycles. The van der Waals surface area contributed by atoms with Gasteiger partial charge in [0.05, 0.1) is 10.5 Å². The number of guanidine groups is 1. The predicted molar refractivity (Wildman–Crippen MR) is 117 cm³/mol. The third-order valence-electron chi connectivity index (χ3n) is 4.62. The Hall–Kier alpha value is -1.69. The van der Waals surface area contributed by atoms with E-state index in [9.17, 15) is 8.42 Å². The van der Waals surface area contributed by atoms with E-state index in [2.05, 4.69) is 25.5 Å². The first-order valence-corrected chi connectivity index (χ1v) is 10.1. The van der Waals surface area contributed by atoms with Gasteiger partial charge in [-0.1, -0.05) is 18.2 Å². The maximum atomic E-state index is 12.2. The zero-order valence-corrected chi connectivity index (χ0v) is 18.8. The van der Waals surface area contributed by atoms with Gasteiger partial charge in [-0.3, -0.25) is 10.1 Å². The molecule has 148 valence electrons. The summed E-state index contributed by atoms with van der Waals surface area (Å²) in [6.45, 7) is 4.99. The topological polar surface area (TPSA) is 103 Å². The standard InChI is InChI=1S/C17H24N6O2S.HI/c1-17(2)11-23(7-8-26(17,24)25)16(18-3)19-10-13-5-4-6-14(9-13)15-20-12-21-22-15;/h4-6,9,12H,7-8,10-11H2,1-3H3,(H,18,19)(H,20,21,22);1H. The molecule has 2 heterocycles. The Morgan fingerprint density at radius 3 is 2.81 bits per heavy atom. The van der Waals surface area contributed by atoms with Crippen LogP contribution >= 0.6 is 24.0 Å². The van der Waals surface area contributed by atoms with Gasteiger partial charge < -0.3 is 10.2 Å². The van der Waals surface area contributed by atoms with Crippen LogP contribution in [0.3, 0.4) is 0 Å². The average molecular weight is 504 g/mol. The zero-order chi connectivity index (χ0) is 18.8. The molecule has 0 bridgehead atoms. The van der Waals surface area contributed by atoms with Crippen LogP contribution in [0.1, 0.15) is 19.4 Å². The van der Waals surface area contributed by atoms with Crippen molar-refractivity contribution in [1.29, 1.82) is 0 Å². The molecule has 27 heavy (non-hydrogen) atoms. The second-order valence-corrected chi connectivity index (χ2v) is 9.68. The van der Waals surface area contributed by atoms with E-state index in [0.717, 1.165) is 17.0 Å². The van der Waals surface area contributed by atoms with Crippen LogP contribution < -0.4 is 5.32 Å². The van der Waals surface area contributed by atoms with Crippen LogP contribution in [0.25, 0.3) is 11.4 Å². The van der Waals surface area contributed by atoms with Gasteiger partial charge >= 0.3 is 0 Å². The molecule has 0 amide bonds. The van der Waals surface area contributed by atoms with Gasteiger partial charge in [-0.15, -0.1) is 24.0 Å². The number of sulfone groups is 1. The lowest BCUT2D eigenvalue weighted by atomic mass is 10.1. The van der Waals surface area contributed by atoms with Gasteiger partial charge in [0.25, 0.3) is 0 Å². The van der Waals surface area contributed by atoms with Crippen molar-refractivity contribution in [1.82, 2.24) is 25.4 Å². The number of nitrogens with one attached hydrogen (secondary N) is 2. The molecular formula is C17H25IN6O2S. The number of rotatable bonds is 3. The molecule has 0 aliphatic carbocycles. The van der Waals surface area contributed by atoms with E-state index in [4.69, 9.17) is 0 Å². The fourth-order valence-electron chi connectivity index (χ4n) is 3.01. The van der Waals surface area contributed by atoms with E-state index in [1.54, 1.807) is 20.9 Å². The highest BCUT2D eigenvalue weighted by Gasteiger charge is 2.40. The number of aromatic amines is 1. The van der Waals surface area contributed by atoms with Crippen LogP contribution in [0.5, 0.6) is 0 Å². The summed E-state index contributed by atoms with van der Waals surface area (Å²) in [6.07, 6.45) is 1.48. The van der Waals surface area contributed by atoms with Crippen molar-refractivity contribution in [3.63, 3.8) is 0 Å². The lowest BCUT2D eigenvalue weighted by Crippen LogP contribution is -2.57. The Bertz CT molecular complexity index is 896. The van der Waals surface area contributed by atoms with Crippen LogP contribution in [0.2, 0.25) is 0 Å². The number of halogens is 1. The smallest absolute Gasteiger partial charge is 0.193 e. The molecule has 8 nitrogen and oxygen atoms in total. The minimum atomic E-state index is -3.07. The molecule has 1 saturated heterocycles. The van der Waals surface area contributed by atoms with E-state index in [0.29, 0.717) is 25.6 Å². The van der Waals surface area contributed by atoms with Gasteiger partial charge in [-0.05, 0) is 25.5 Å². The number of hydrogen-bond acceptors (Lipinski definition) is 5. The van der Waals surface area contributed by atoms with E-state index >= 15 is 0 Å². The molecule has 2 N–H and O–H groups in total. The molecule has 1 aliphatic heterocycles. The second kappa shape index (κ2) is 8.55. The fourth-order valence-corrected chi connectivity index (χ4v) is 4.38. The summed E-state index contributed by atoms with van der Waals surface area (Å²) < 4.78 is 23.6. The van der Waals surface area contributed by atoms with Crippen molar-refractivity contribution in [3.05, 3.63) is 36.2 Å². The number of H-pyrrole nitrogens is 1. The third kappa shape index (κ3) is 4.78. The molecular weight excluding hydrogens is 479 g/mol. The molecule has 3 rings (SSSR count). The second-order valence-electron chi connectivity index (χ2n) is 6.94. The maximum absolute atomic E-state index is 12.2. The maximum Gasteiger partial charge on any atom is 0.193 e. The van der Waals surface area contributed by atoms with Crippen LogP contribution in [-0.4, -0.2) is 65.1 Å². The zero-order valence-electron chi connectivity index (χ0n) is 15.6. The average Bonchev–Trinajstić information content (AvgIpc) is 3.13. The predicted octanol–water partition coefficient (Wildman–Crippen LogP) is 1.67. The van der Waals surface area contributed by atoms with Gasteiger partial charge in [0.15, 0.2) is 21.6 Å². The molecule has 1 fully saturated rings. The Labute approximate surface area is 176 Å². The molecule has 0 atom stereocenters. The van der Waals surface area contributed by atoms with Crippen molar-refractivity contribution >= 4 is 39.8 Å². The molecule has 1 aliphatic rings. The normalized spacial score (nSPS) is 18.6. The van der Waals surface area contributed by atoms with Crippen molar-refractivity contribution < 1.29 is 8.42 Å². The number of nitrogens with zero attached hydrogens (tertiary/aromatic N) is 4. The number of benzene rings is 1. The molecule has 2 aromatic rings. The Balaban J connectivity index is 0.00000261. The first-order chi connectivity index (χ1) is 12.3.